The Morgan fingerprint density at radius 2 is 1.77 bits per heavy atom. The van der Waals surface area contributed by atoms with Crippen LogP contribution in [0.1, 0.15) is 13.3 Å². The van der Waals surface area contributed by atoms with Crippen molar-refractivity contribution in [3.63, 3.8) is 0 Å². The fourth-order valence-electron chi connectivity index (χ4n) is 3.72. The first-order valence-corrected chi connectivity index (χ1v) is 7.70. The van der Waals surface area contributed by atoms with Crippen LogP contribution >= 0.6 is 0 Å². The van der Waals surface area contributed by atoms with Crippen LogP contribution in [-0.2, 0) is 9.59 Å². The summed E-state index contributed by atoms with van der Waals surface area (Å²) in [5.74, 6) is -0.382. The number of anilines is 1. The fraction of sp³-hybridized carbons (Fsp3) is 0.263. The van der Waals surface area contributed by atoms with Gasteiger partial charge in [-0.25, -0.2) is 0 Å². The van der Waals surface area contributed by atoms with E-state index in [1.165, 1.54) is 4.90 Å². The molecule has 3 atom stereocenters. The van der Waals surface area contributed by atoms with Crippen molar-refractivity contribution in [3.8, 4) is 0 Å². The Labute approximate surface area is 129 Å². The van der Waals surface area contributed by atoms with E-state index < -0.39 is 0 Å². The lowest BCUT2D eigenvalue weighted by Gasteiger charge is -2.22. The standard InChI is InChI=1S/C19H17NO2/c1-12-5-4-8-16-17(12)19(22)20(18(16)21)15-10-9-13-6-2-3-7-14(13)11-15/h2-7,9-12,16-17H,8H2,1H3/t12-,16-,17+/m1/s1. The summed E-state index contributed by atoms with van der Waals surface area (Å²) < 4.78 is 0. The number of hydrogen-bond donors (Lipinski definition) is 0. The van der Waals surface area contributed by atoms with Gasteiger partial charge in [0.15, 0.2) is 0 Å². The Morgan fingerprint density at radius 3 is 2.55 bits per heavy atom. The molecule has 1 fully saturated rings. The van der Waals surface area contributed by atoms with Crippen LogP contribution in [0.4, 0.5) is 5.69 Å². The molecule has 0 spiro atoms. The molecular formula is C19H17NO2. The van der Waals surface area contributed by atoms with E-state index in [4.69, 9.17) is 0 Å². The molecule has 1 saturated heterocycles. The van der Waals surface area contributed by atoms with Gasteiger partial charge in [-0.05, 0) is 35.2 Å². The molecule has 1 heterocycles. The number of amides is 2. The molecular weight excluding hydrogens is 274 g/mol. The van der Waals surface area contributed by atoms with Crippen LogP contribution < -0.4 is 4.90 Å². The molecule has 3 heteroatoms. The summed E-state index contributed by atoms with van der Waals surface area (Å²) >= 11 is 0. The van der Waals surface area contributed by atoms with Crippen molar-refractivity contribution < 1.29 is 9.59 Å². The summed E-state index contributed by atoms with van der Waals surface area (Å²) in [5.41, 5.74) is 0.690. The van der Waals surface area contributed by atoms with Gasteiger partial charge in [-0.15, -0.1) is 0 Å². The van der Waals surface area contributed by atoms with E-state index in [2.05, 4.69) is 6.08 Å². The van der Waals surface area contributed by atoms with Crippen LogP contribution in [0.2, 0.25) is 0 Å². The number of allylic oxidation sites excluding steroid dienone is 2. The lowest BCUT2D eigenvalue weighted by atomic mass is 9.78. The van der Waals surface area contributed by atoms with Gasteiger partial charge < -0.3 is 0 Å². The summed E-state index contributed by atoms with van der Waals surface area (Å²) in [5, 5.41) is 2.15. The Bertz CT molecular complexity index is 808. The zero-order valence-corrected chi connectivity index (χ0v) is 12.4. The summed E-state index contributed by atoms with van der Waals surface area (Å²) in [6.07, 6.45) is 4.75. The van der Waals surface area contributed by atoms with Crippen LogP contribution in [0.15, 0.2) is 54.6 Å². The number of rotatable bonds is 1. The van der Waals surface area contributed by atoms with Crippen LogP contribution in [0.5, 0.6) is 0 Å². The zero-order chi connectivity index (χ0) is 15.3. The molecule has 2 aromatic rings. The molecule has 0 unspecified atom stereocenters. The molecule has 0 saturated carbocycles. The Kier molecular flexibility index (Phi) is 2.89. The van der Waals surface area contributed by atoms with E-state index in [-0.39, 0.29) is 29.6 Å². The van der Waals surface area contributed by atoms with E-state index in [9.17, 15) is 9.59 Å². The Hall–Kier alpha value is -2.42. The largest absolute Gasteiger partial charge is 0.274 e. The average molecular weight is 291 g/mol. The second kappa shape index (κ2) is 4.80. The highest BCUT2D eigenvalue weighted by Crippen LogP contribution is 2.40. The molecule has 110 valence electrons. The molecule has 22 heavy (non-hydrogen) atoms. The number of carbonyl (C=O) groups is 2. The number of carbonyl (C=O) groups excluding carboxylic acids is 2. The number of fused-ring (bicyclic) bond motifs is 2. The van der Waals surface area contributed by atoms with Crippen LogP contribution in [0.3, 0.4) is 0 Å². The highest BCUT2D eigenvalue weighted by Gasteiger charge is 2.50. The number of nitrogens with zero attached hydrogens (tertiary/aromatic N) is 1. The van der Waals surface area contributed by atoms with E-state index in [1.807, 2.05) is 55.5 Å². The van der Waals surface area contributed by atoms with E-state index in [0.29, 0.717) is 12.1 Å². The molecule has 0 N–H and O–H groups in total. The van der Waals surface area contributed by atoms with Crippen LogP contribution in [-0.4, -0.2) is 11.8 Å². The molecule has 4 rings (SSSR count). The van der Waals surface area contributed by atoms with Gasteiger partial charge in [0.1, 0.15) is 0 Å². The molecule has 2 aromatic carbocycles. The number of hydrogen-bond acceptors (Lipinski definition) is 2. The molecule has 0 radical (unpaired) electrons. The van der Waals surface area contributed by atoms with E-state index >= 15 is 0 Å². The fourth-order valence-corrected chi connectivity index (χ4v) is 3.72. The maximum Gasteiger partial charge on any atom is 0.238 e. The maximum absolute atomic E-state index is 12.8. The predicted octanol–water partition coefficient (Wildman–Crippen LogP) is 3.54. The third-order valence-corrected chi connectivity index (χ3v) is 4.86. The van der Waals surface area contributed by atoms with Crippen LogP contribution in [0.25, 0.3) is 10.8 Å². The van der Waals surface area contributed by atoms with Crippen molar-refractivity contribution in [2.24, 2.45) is 17.8 Å². The Balaban J connectivity index is 1.78. The number of benzene rings is 2. The second-order valence-electron chi connectivity index (χ2n) is 6.20. The van der Waals surface area contributed by atoms with Gasteiger partial charge in [0, 0.05) is 0 Å². The van der Waals surface area contributed by atoms with E-state index in [0.717, 1.165) is 10.8 Å². The predicted molar refractivity (Wildman–Crippen MR) is 86.3 cm³/mol. The van der Waals surface area contributed by atoms with Crippen molar-refractivity contribution in [2.45, 2.75) is 13.3 Å². The van der Waals surface area contributed by atoms with Gasteiger partial charge in [0.05, 0.1) is 17.5 Å². The van der Waals surface area contributed by atoms with Crippen molar-refractivity contribution >= 4 is 28.3 Å². The monoisotopic (exact) mass is 291 g/mol. The van der Waals surface area contributed by atoms with Crippen LogP contribution in [0, 0.1) is 17.8 Å². The third-order valence-electron chi connectivity index (χ3n) is 4.86. The van der Waals surface area contributed by atoms with Gasteiger partial charge in [0.25, 0.3) is 0 Å². The molecule has 0 bridgehead atoms. The summed E-state index contributed by atoms with van der Waals surface area (Å²) in [7, 11) is 0. The van der Waals surface area contributed by atoms with Gasteiger partial charge in [0.2, 0.25) is 11.8 Å². The maximum atomic E-state index is 12.8. The Morgan fingerprint density at radius 1 is 1.00 bits per heavy atom. The SMILES string of the molecule is C[C@@H]1C=CC[C@H]2C(=O)N(c3ccc4ccccc4c3)C(=O)[C@@H]12. The first-order chi connectivity index (χ1) is 10.7. The van der Waals surface area contributed by atoms with Crippen molar-refractivity contribution in [1.82, 2.24) is 0 Å². The minimum absolute atomic E-state index is 0.0536. The molecule has 3 nitrogen and oxygen atoms in total. The second-order valence-corrected chi connectivity index (χ2v) is 6.20. The number of imide groups is 1. The first-order valence-electron chi connectivity index (χ1n) is 7.70. The quantitative estimate of drug-likeness (QED) is 0.595. The highest BCUT2D eigenvalue weighted by molar-refractivity contribution is 6.22. The summed E-state index contributed by atoms with van der Waals surface area (Å²) in [6, 6.07) is 13.7. The molecule has 1 aliphatic heterocycles. The van der Waals surface area contributed by atoms with Gasteiger partial charge in [-0.1, -0.05) is 49.4 Å². The molecule has 1 aliphatic carbocycles. The zero-order valence-electron chi connectivity index (χ0n) is 12.4. The third kappa shape index (κ3) is 1.82. The smallest absolute Gasteiger partial charge is 0.238 e. The molecule has 2 aliphatic rings. The summed E-state index contributed by atoms with van der Waals surface area (Å²) in [6.45, 7) is 2.02. The normalized spacial score (nSPS) is 27.5. The van der Waals surface area contributed by atoms with Gasteiger partial charge in [-0.2, -0.15) is 0 Å². The minimum atomic E-state index is -0.205. The lowest BCUT2D eigenvalue weighted by Crippen LogP contribution is -2.31. The van der Waals surface area contributed by atoms with Crippen molar-refractivity contribution in [1.29, 1.82) is 0 Å². The minimum Gasteiger partial charge on any atom is -0.274 e. The summed E-state index contributed by atoms with van der Waals surface area (Å²) in [4.78, 5) is 26.9. The van der Waals surface area contributed by atoms with E-state index in [1.54, 1.807) is 0 Å². The van der Waals surface area contributed by atoms with Gasteiger partial charge >= 0.3 is 0 Å². The molecule has 2 amide bonds. The highest BCUT2D eigenvalue weighted by atomic mass is 16.2. The molecule has 0 aromatic heterocycles. The van der Waals surface area contributed by atoms with Gasteiger partial charge in [-0.3, -0.25) is 14.5 Å². The average Bonchev–Trinajstić information content (AvgIpc) is 2.79. The van der Waals surface area contributed by atoms with Crippen molar-refractivity contribution in [3.05, 3.63) is 54.6 Å². The lowest BCUT2D eigenvalue weighted by molar-refractivity contribution is -0.122. The van der Waals surface area contributed by atoms with Crippen molar-refractivity contribution in [2.75, 3.05) is 4.90 Å². The first kappa shape index (κ1) is 13.3. The topological polar surface area (TPSA) is 37.4 Å².